The van der Waals surface area contributed by atoms with Crippen LogP contribution >= 0.6 is 0 Å². The molecule has 1 aromatic heterocycles. The zero-order valence-corrected chi connectivity index (χ0v) is 17.3. The smallest absolute Gasteiger partial charge is 0.254 e. The molecular weight excluding hydrogens is 368 g/mol. The van der Waals surface area contributed by atoms with Crippen LogP contribution in [0.3, 0.4) is 0 Å². The lowest BCUT2D eigenvalue weighted by Gasteiger charge is -2.43. The van der Waals surface area contributed by atoms with Gasteiger partial charge in [-0.15, -0.1) is 0 Å². The van der Waals surface area contributed by atoms with Crippen LogP contribution in [-0.2, 0) is 11.8 Å². The molecule has 2 atom stereocenters. The molecule has 0 bridgehead atoms. The molecule has 0 saturated carbocycles. The number of carbonyl (C=O) groups is 1. The van der Waals surface area contributed by atoms with E-state index in [1.807, 2.05) is 31.3 Å². The molecular formula is C22H30N4O3. The number of amides is 1. The number of aromatic hydroxyl groups is 1. The van der Waals surface area contributed by atoms with E-state index in [-0.39, 0.29) is 23.8 Å². The zero-order valence-electron chi connectivity index (χ0n) is 17.3. The van der Waals surface area contributed by atoms with Crippen molar-refractivity contribution in [3.63, 3.8) is 0 Å². The van der Waals surface area contributed by atoms with Gasteiger partial charge in [0.05, 0.1) is 24.9 Å². The van der Waals surface area contributed by atoms with Crippen molar-refractivity contribution in [3.05, 3.63) is 47.3 Å². The first-order valence-electron chi connectivity index (χ1n) is 10.5. The van der Waals surface area contributed by atoms with E-state index in [9.17, 15) is 9.90 Å². The summed E-state index contributed by atoms with van der Waals surface area (Å²) in [6.45, 7) is 5.83. The highest BCUT2D eigenvalue weighted by atomic mass is 16.5. The first-order valence-corrected chi connectivity index (χ1v) is 10.5. The molecule has 4 rings (SSSR count). The number of ether oxygens (including phenoxy) is 1. The van der Waals surface area contributed by atoms with Gasteiger partial charge in [-0.3, -0.25) is 9.48 Å². The van der Waals surface area contributed by atoms with E-state index in [0.717, 1.165) is 30.8 Å². The van der Waals surface area contributed by atoms with Gasteiger partial charge in [0.2, 0.25) is 0 Å². The van der Waals surface area contributed by atoms with E-state index in [0.29, 0.717) is 18.7 Å². The van der Waals surface area contributed by atoms with E-state index in [1.54, 1.807) is 22.9 Å². The molecule has 2 saturated heterocycles. The van der Waals surface area contributed by atoms with Gasteiger partial charge in [-0.1, -0.05) is 12.5 Å². The van der Waals surface area contributed by atoms with Gasteiger partial charge in [-0.25, -0.2) is 0 Å². The van der Waals surface area contributed by atoms with Crippen LogP contribution in [0.25, 0.3) is 0 Å². The van der Waals surface area contributed by atoms with Crippen LogP contribution in [0.15, 0.2) is 30.6 Å². The van der Waals surface area contributed by atoms with Crippen molar-refractivity contribution in [1.29, 1.82) is 0 Å². The summed E-state index contributed by atoms with van der Waals surface area (Å²) in [5, 5.41) is 14.4. The van der Waals surface area contributed by atoms with Crippen molar-refractivity contribution in [3.8, 4) is 5.75 Å². The summed E-state index contributed by atoms with van der Waals surface area (Å²) in [4.78, 5) is 17.7. The number of rotatable bonds is 4. The number of phenols is 1. The average Bonchev–Trinajstić information content (AvgIpc) is 3.16. The summed E-state index contributed by atoms with van der Waals surface area (Å²) in [5.41, 5.74) is 2.25. The highest BCUT2D eigenvalue weighted by Crippen LogP contribution is 2.32. The molecule has 1 aromatic carbocycles. The molecule has 1 amide bonds. The van der Waals surface area contributed by atoms with Crippen LogP contribution in [-0.4, -0.2) is 69.5 Å². The van der Waals surface area contributed by atoms with Crippen LogP contribution < -0.4 is 0 Å². The number of morpholine rings is 1. The Morgan fingerprint density at radius 1 is 1.24 bits per heavy atom. The molecule has 29 heavy (non-hydrogen) atoms. The van der Waals surface area contributed by atoms with Crippen LogP contribution in [0.5, 0.6) is 5.75 Å². The maximum Gasteiger partial charge on any atom is 0.254 e. The summed E-state index contributed by atoms with van der Waals surface area (Å²) >= 11 is 0. The van der Waals surface area contributed by atoms with E-state index in [1.165, 1.54) is 19.3 Å². The van der Waals surface area contributed by atoms with Gasteiger partial charge in [0.1, 0.15) is 5.75 Å². The Kier molecular flexibility index (Phi) is 5.87. The van der Waals surface area contributed by atoms with Gasteiger partial charge in [-0.05, 0) is 50.6 Å². The zero-order chi connectivity index (χ0) is 20.4. The number of phenolic OH excluding ortho intramolecular Hbond substituents is 1. The predicted octanol–water partition coefficient (Wildman–Crippen LogP) is 2.50. The normalized spacial score (nSPS) is 23.3. The molecule has 156 valence electrons. The van der Waals surface area contributed by atoms with Crippen molar-refractivity contribution < 1.29 is 14.6 Å². The van der Waals surface area contributed by atoms with Crippen LogP contribution in [0.4, 0.5) is 0 Å². The molecule has 2 aliphatic heterocycles. The summed E-state index contributed by atoms with van der Waals surface area (Å²) in [7, 11) is 1.89. The summed E-state index contributed by atoms with van der Waals surface area (Å²) < 4.78 is 7.96. The van der Waals surface area contributed by atoms with E-state index >= 15 is 0 Å². The average molecular weight is 399 g/mol. The maximum atomic E-state index is 13.4. The molecule has 3 heterocycles. The Morgan fingerprint density at radius 2 is 2.03 bits per heavy atom. The lowest BCUT2D eigenvalue weighted by atomic mass is 9.98. The molecule has 1 N–H and O–H groups in total. The summed E-state index contributed by atoms with van der Waals surface area (Å²) in [6.07, 6.45) is 7.42. The Bertz CT molecular complexity index is 859. The fourth-order valence-electron chi connectivity index (χ4n) is 4.41. The van der Waals surface area contributed by atoms with E-state index < -0.39 is 0 Å². The molecule has 2 fully saturated rings. The number of aryl methyl sites for hydroxylation is 2. The van der Waals surface area contributed by atoms with Crippen molar-refractivity contribution in [2.75, 3.05) is 32.8 Å². The molecule has 2 aromatic rings. The highest BCUT2D eigenvalue weighted by Gasteiger charge is 2.38. The van der Waals surface area contributed by atoms with Gasteiger partial charge in [0.25, 0.3) is 5.91 Å². The molecule has 7 heteroatoms. The molecule has 0 spiro atoms. The van der Waals surface area contributed by atoms with E-state index in [2.05, 4.69) is 10.00 Å². The lowest BCUT2D eigenvalue weighted by Crippen LogP contribution is -2.52. The van der Waals surface area contributed by atoms with Crippen molar-refractivity contribution in [2.24, 2.45) is 7.05 Å². The second kappa shape index (κ2) is 8.55. The number of aromatic nitrogens is 2. The van der Waals surface area contributed by atoms with Crippen molar-refractivity contribution >= 4 is 5.91 Å². The molecule has 0 aliphatic carbocycles. The fraction of sp³-hybridized carbons (Fsp3) is 0.545. The molecule has 7 nitrogen and oxygen atoms in total. The van der Waals surface area contributed by atoms with Gasteiger partial charge in [0, 0.05) is 37.5 Å². The quantitative estimate of drug-likeness (QED) is 0.857. The topological polar surface area (TPSA) is 70.8 Å². The summed E-state index contributed by atoms with van der Waals surface area (Å²) in [6, 6.07) is 4.93. The SMILES string of the molecule is Cc1ccc(C(=O)N2CCO[C@@H](CN3CCCCC3)[C@@H]2c2cnn(C)c2)cc1O. The van der Waals surface area contributed by atoms with E-state index in [4.69, 9.17) is 4.74 Å². The third kappa shape index (κ3) is 4.31. The Hall–Kier alpha value is -2.38. The predicted molar refractivity (Wildman–Crippen MR) is 110 cm³/mol. The Balaban J connectivity index is 1.63. The third-order valence-corrected chi connectivity index (χ3v) is 6.02. The molecule has 2 aliphatic rings. The number of piperidine rings is 1. The van der Waals surface area contributed by atoms with Gasteiger partial charge >= 0.3 is 0 Å². The molecule has 0 unspecified atom stereocenters. The maximum absolute atomic E-state index is 13.4. The first-order chi connectivity index (χ1) is 14.0. The van der Waals surface area contributed by atoms with Crippen LogP contribution in [0, 0.1) is 6.92 Å². The largest absolute Gasteiger partial charge is 0.508 e. The van der Waals surface area contributed by atoms with Gasteiger partial charge < -0.3 is 19.6 Å². The number of carbonyl (C=O) groups excluding carboxylic acids is 1. The lowest BCUT2D eigenvalue weighted by molar-refractivity contribution is -0.0741. The second-order valence-electron chi connectivity index (χ2n) is 8.16. The van der Waals surface area contributed by atoms with Gasteiger partial charge in [0.15, 0.2) is 0 Å². The molecule has 0 radical (unpaired) electrons. The minimum Gasteiger partial charge on any atom is -0.508 e. The van der Waals surface area contributed by atoms with Crippen LogP contribution in [0.2, 0.25) is 0 Å². The number of likely N-dealkylation sites (tertiary alicyclic amines) is 1. The minimum atomic E-state index is -0.199. The van der Waals surface area contributed by atoms with Gasteiger partial charge in [-0.2, -0.15) is 5.10 Å². The monoisotopic (exact) mass is 398 g/mol. The van der Waals surface area contributed by atoms with Crippen molar-refractivity contribution in [1.82, 2.24) is 19.6 Å². The Labute approximate surface area is 171 Å². The fourth-order valence-corrected chi connectivity index (χ4v) is 4.41. The Morgan fingerprint density at radius 3 is 2.72 bits per heavy atom. The standard InChI is InChI=1S/C22H30N4O3/c1-16-6-7-17(12-19(16)27)22(28)26-10-11-29-20(15-25-8-4-3-5-9-25)21(26)18-13-23-24(2)14-18/h6-7,12-14,20-21,27H,3-5,8-11,15H2,1-2H3/t20-,21-/m0/s1. The number of nitrogens with zero attached hydrogens (tertiary/aromatic N) is 4. The second-order valence-corrected chi connectivity index (χ2v) is 8.16. The number of hydrogen-bond acceptors (Lipinski definition) is 5. The number of benzene rings is 1. The van der Waals surface area contributed by atoms with Crippen molar-refractivity contribution in [2.45, 2.75) is 38.3 Å². The third-order valence-electron chi connectivity index (χ3n) is 6.02. The highest BCUT2D eigenvalue weighted by molar-refractivity contribution is 5.95. The summed E-state index contributed by atoms with van der Waals surface area (Å²) in [5.74, 6) is 0.0630. The first kappa shape index (κ1) is 19.9. The minimum absolute atomic E-state index is 0.0823. The van der Waals surface area contributed by atoms with Crippen LogP contribution in [0.1, 0.15) is 46.8 Å². The number of hydrogen-bond donors (Lipinski definition) is 1.